The molecule has 5 heteroatoms. The molecule has 22 heavy (non-hydrogen) atoms. The Hall–Kier alpha value is -2.82. The third-order valence-electron chi connectivity index (χ3n) is 3.63. The highest BCUT2D eigenvalue weighted by Gasteiger charge is 2.09. The molecule has 4 N–H and O–H groups in total. The van der Waals surface area contributed by atoms with Gasteiger partial charge in [-0.15, -0.1) is 0 Å². The minimum absolute atomic E-state index is 0.0822. The van der Waals surface area contributed by atoms with Gasteiger partial charge in [-0.3, -0.25) is 10.2 Å². The number of carbonyl (C=O) groups excluding carboxylic acids is 1. The topological polar surface area (TPSA) is 87.7 Å². The van der Waals surface area contributed by atoms with Gasteiger partial charge < -0.3 is 10.8 Å². The average molecular weight is 297 g/mol. The van der Waals surface area contributed by atoms with Gasteiger partial charge >= 0.3 is 0 Å². The van der Waals surface area contributed by atoms with Crippen LogP contribution in [0.1, 0.15) is 34.0 Å². The van der Waals surface area contributed by atoms with Crippen molar-refractivity contribution in [3.63, 3.8) is 0 Å². The Kier molecular flexibility index (Phi) is 4.46. The van der Waals surface area contributed by atoms with Crippen molar-refractivity contribution in [1.29, 1.82) is 0 Å². The van der Waals surface area contributed by atoms with Crippen LogP contribution in [0.4, 0.5) is 5.69 Å². The van der Waals surface area contributed by atoms with E-state index in [0.717, 1.165) is 11.3 Å². The molecule has 0 aliphatic heterocycles. The van der Waals surface area contributed by atoms with E-state index in [9.17, 15) is 9.90 Å². The molecular weight excluding hydrogens is 278 g/mol. The molecule has 0 unspecified atom stereocenters. The molecule has 0 atom stereocenters. The number of carbonyl (C=O) groups is 1. The lowest BCUT2D eigenvalue weighted by Crippen LogP contribution is -2.12. The second kappa shape index (κ2) is 6.30. The van der Waals surface area contributed by atoms with Gasteiger partial charge in [0, 0.05) is 0 Å². The van der Waals surface area contributed by atoms with E-state index < -0.39 is 5.91 Å². The molecule has 0 bridgehead atoms. The third-order valence-corrected chi connectivity index (χ3v) is 3.63. The Morgan fingerprint density at radius 1 is 1.23 bits per heavy atom. The molecule has 2 aromatic rings. The number of amides is 1. The molecule has 114 valence electrons. The maximum atomic E-state index is 11.3. The molecule has 0 fully saturated rings. The Bertz CT molecular complexity index is 752. The summed E-state index contributed by atoms with van der Waals surface area (Å²) in [6.45, 7) is 5.87. The van der Waals surface area contributed by atoms with Gasteiger partial charge in [0.15, 0.2) is 0 Å². The lowest BCUT2D eigenvalue weighted by atomic mass is 10.1. The molecule has 0 saturated heterocycles. The van der Waals surface area contributed by atoms with Crippen molar-refractivity contribution in [2.45, 2.75) is 20.8 Å². The van der Waals surface area contributed by atoms with Gasteiger partial charge in [-0.1, -0.05) is 12.1 Å². The Morgan fingerprint density at radius 2 is 1.95 bits per heavy atom. The molecule has 0 spiro atoms. The number of aryl methyl sites for hydroxylation is 1. The SMILES string of the molecule is C/C(=N\Nc1cccc(C)c1C)c1ccc(O)c(C(N)=O)c1. The van der Waals surface area contributed by atoms with Gasteiger partial charge in [0.25, 0.3) is 5.91 Å². The van der Waals surface area contributed by atoms with Crippen LogP contribution in [0.3, 0.4) is 0 Å². The number of nitrogens with zero attached hydrogens (tertiary/aromatic N) is 1. The van der Waals surface area contributed by atoms with Gasteiger partial charge in [-0.2, -0.15) is 5.10 Å². The highest BCUT2D eigenvalue weighted by molar-refractivity contribution is 6.03. The van der Waals surface area contributed by atoms with Crippen molar-refractivity contribution in [3.8, 4) is 5.75 Å². The van der Waals surface area contributed by atoms with Crippen molar-refractivity contribution < 1.29 is 9.90 Å². The van der Waals surface area contributed by atoms with E-state index in [-0.39, 0.29) is 11.3 Å². The summed E-state index contributed by atoms with van der Waals surface area (Å²) in [6, 6.07) is 10.6. The number of phenols is 1. The number of benzene rings is 2. The van der Waals surface area contributed by atoms with Crippen LogP contribution in [-0.4, -0.2) is 16.7 Å². The molecule has 0 saturated carbocycles. The summed E-state index contributed by atoms with van der Waals surface area (Å²) in [5.74, 6) is -0.804. The number of nitrogens with two attached hydrogens (primary N) is 1. The van der Waals surface area contributed by atoms with Crippen LogP contribution in [0.2, 0.25) is 0 Å². The molecular formula is C17H19N3O2. The van der Waals surface area contributed by atoms with Crippen LogP contribution in [0, 0.1) is 13.8 Å². The van der Waals surface area contributed by atoms with Crippen LogP contribution >= 0.6 is 0 Å². The number of primary amides is 1. The highest BCUT2D eigenvalue weighted by Crippen LogP contribution is 2.20. The van der Waals surface area contributed by atoms with Crippen molar-refractivity contribution >= 4 is 17.3 Å². The van der Waals surface area contributed by atoms with Gasteiger partial charge in [0.05, 0.1) is 17.0 Å². The Balaban J connectivity index is 2.28. The van der Waals surface area contributed by atoms with E-state index in [0.29, 0.717) is 11.3 Å². The zero-order valence-corrected chi connectivity index (χ0v) is 12.8. The lowest BCUT2D eigenvalue weighted by molar-refractivity contribution is 0.0998. The van der Waals surface area contributed by atoms with Crippen LogP contribution in [0.15, 0.2) is 41.5 Å². The fraction of sp³-hybridized carbons (Fsp3) is 0.176. The van der Waals surface area contributed by atoms with Crippen molar-refractivity contribution in [2.75, 3.05) is 5.43 Å². The maximum Gasteiger partial charge on any atom is 0.252 e. The van der Waals surface area contributed by atoms with E-state index in [4.69, 9.17) is 5.73 Å². The molecule has 0 aromatic heterocycles. The summed E-state index contributed by atoms with van der Waals surface area (Å²) in [4.78, 5) is 11.3. The van der Waals surface area contributed by atoms with E-state index >= 15 is 0 Å². The Morgan fingerprint density at radius 3 is 2.64 bits per heavy atom. The van der Waals surface area contributed by atoms with E-state index in [1.165, 1.54) is 17.7 Å². The first-order chi connectivity index (χ1) is 10.4. The minimum atomic E-state index is -0.672. The predicted molar refractivity (Wildman–Crippen MR) is 88.4 cm³/mol. The minimum Gasteiger partial charge on any atom is -0.507 e. The maximum absolute atomic E-state index is 11.3. The fourth-order valence-electron chi connectivity index (χ4n) is 2.04. The van der Waals surface area contributed by atoms with Crippen LogP contribution in [0.5, 0.6) is 5.75 Å². The normalized spacial score (nSPS) is 11.3. The number of anilines is 1. The molecule has 0 aliphatic rings. The van der Waals surface area contributed by atoms with Gasteiger partial charge in [0.1, 0.15) is 5.75 Å². The second-order valence-corrected chi connectivity index (χ2v) is 5.15. The van der Waals surface area contributed by atoms with Crippen LogP contribution in [-0.2, 0) is 0 Å². The largest absolute Gasteiger partial charge is 0.507 e. The number of nitrogens with one attached hydrogen (secondary N) is 1. The van der Waals surface area contributed by atoms with Crippen molar-refractivity contribution in [3.05, 3.63) is 58.7 Å². The number of rotatable bonds is 4. The summed E-state index contributed by atoms with van der Waals surface area (Å²) in [7, 11) is 0. The number of hydrazone groups is 1. The predicted octanol–water partition coefficient (Wildman–Crippen LogP) is 2.94. The first kappa shape index (κ1) is 15.6. The zero-order chi connectivity index (χ0) is 16.3. The summed E-state index contributed by atoms with van der Waals surface area (Å²) in [6.07, 6.45) is 0. The summed E-state index contributed by atoms with van der Waals surface area (Å²) in [5.41, 5.74) is 13.0. The third kappa shape index (κ3) is 3.25. The summed E-state index contributed by atoms with van der Waals surface area (Å²) in [5, 5.41) is 13.9. The molecule has 0 radical (unpaired) electrons. The zero-order valence-electron chi connectivity index (χ0n) is 12.8. The number of hydrogen-bond donors (Lipinski definition) is 3. The average Bonchev–Trinajstić information content (AvgIpc) is 2.48. The summed E-state index contributed by atoms with van der Waals surface area (Å²) < 4.78 is 0. The van der Waals surface area contributed by atoms with E-state index in [2.05, 4.69) is 10.5 Å². The van der Waals surface area contributed by atoms with Crippen LogP contribution in [0.25, 0.3) is 0 Å². The van der Waals surface area contributed by atoms with Gasteiger partial charge in [0.2, 0.25) is 0 Å². The summed E-state index contributed by atoms with van der Waals surface area (Å²) >= 11 is 0. The first-order valence-corrected chi connectivity index (χ1v) is 6.90. The molecule has 2 rings (SSSR count). The first-order valence-electron chi connectivity index (χ1n) is 6.90. The second-order valence-electron chi connectivity index (χ2n) is 5.15. The number of hydrogen-bond acceptors (Lipinski definition) is 4. The lowest BCUT2D eigenvalue weighted by Gasteiger charge is -2.09. The highest BCUT2D eigenvalue weighted by atomic mass is 16.3. The van der Waals surface area contributed by atoms with E-state index in [1.54, 1.807) is 6.07 Å². The molecule has 0 heterocycles. The smallest absolute Gasteiger partial charge is 0.252 e. The van der Waals surface area contributed by atoms with Gasteiger partial charge in [-0.05, 0) is 61.7 Å². The quantitative estimate of drug-likeness (QED) is 0.599. The monoisotopic (exact) mass is 297 g/mol. The molecule has 0 aliphatic carbocycles. The number of aromatic hydroxyl groups is 1. The molecule has 2 aromatic carbocycles. The van der Waals surface area contributed by atoms with Crippen molar-refractivity contribution in [1.82, 2.24) is 0 Å². The standard InChI is InChI=1S/C17H19N3O2/c1-10-5-4-6-15(11(10)2)20-19-12(3)13-7-8-16(21)14(9-13)17(18)22/h4-9,20-21H,1-3H3,(H2,18,22)/b19-12+. The molecule has 1 amide bonds. The van der Waals surface area contributed by atoms with Gasteiger partial charge in [-0.25, -0.2) is 0 Å². The fourth-order valence-corrected chi connectivity index (χ4v) is 2.04. The van der Waals surface area contributed by atoms with E-state index in [1.807, 2.05) is 39.0 Å². The Labute approximate surface area is 129 Å². The van der Waals surface area contributed by atoms with Crippen LogP contribution < -0.4 is 11.2 Å². The van der Waals surface area contributed by atoms with Crippen molar-refractivity contribution in [2.24, 2.45) is 10.8 Å². The molecule has 5 nitrogen and oxygen atoms in total.